The van der Waals surface area contributed by atoms with Gasteiger partial charge in [0, 0.05) is 10.8 Å². The highest BCUT2D eigenvalue weighted by Gasteiger charge is 2.16. The number of benzene rings is 1. The topological polar surface area (TPSA) is 82.1 Å². The van der Waals surface area contributed by atoms with Gasteiger partial charge in [0.15, 0.2) is 0 Å². The van der Waals surface area contributed by atoms with E-state index in [0.717, 1.165) is 12.0 Å². The molecule has 0 aliphatic heterocycles. The van der Waals surface area contributed by atoms with E-state index in [4.69, 9.17) is 21.0 Å². The van der Waals surface area contributed by atoms with Crippen LogP contribution < -0.4 is 4.18 Å². The van der Waals surface area contributed by atoms with E-state index < -0.39 is 10.1 Å². The summed E-state index contributed by atoms with van der Waals surface area (Å²) < 4.78 is 32.5. The van der Waals surface area contributed by atoms with Crippen LogP contribution in [-0.2, 0) is 19.5 Å². The van der Waals surface area contributed by atoms with Crippen LogP contribution in [-0.4, -0.2) is 25.3 Å². The first-order valence-corrected chi connectivity index (χ1v) is 7.99. The molecule has 9 heteroatoms. The Morgan fingerprint density at radius 3 is 2.37 bits per heavy atom. The van der Waals surface area contributed by atoms with Gasteiger partial charge in [0.05, 0.1) is 17.8 Å². The molecule has 0 aromatic heterocycles. The van der Waals surface area contributed by atoms with Crippen LogP contribution in [0.5, 0.6) is 5.75 Å². The number of halogens is 1. The van der Waals surface area contributed by atoms with Crippen molar-refractivity contribution < 1.29 is 27.2 Å². The van der Waals surface area contributed by atoms with Gasteiger partial charge in [-0.3, -0.25) is 0 Å². The van der Waals surface area contributed by atoms with Crippen LogP contribution in [0.3, 0.4) is 0 Å². The second kappa shape index (κ2) is 7.32. The first kappa shape index (κ1) is 16.5. The van der Waals surface area contributed by atoms with Crippen molar-refractivity contribution in [3.8, 4) is 5.75 Å². The summed E-state index contributed by atoms with van der Waals surface area (Å²) in [6.45, 7) is 3.39. The summed E-state index contributed by atoms with van der Waals surface area (Å²) in [5, 5.41) is 11.6. The van der Waals surface area contributed by atoms with Gasteiger partial charge in [0.2, 0.25) is 0 Å². The summed E-state index contributed by atoms with van der Waals surface area (Å²) in [6, 6.07) is 3.28. The number of hydrogen-bond donors (Lipinski definition) is 1. The van der Waals surface area contributed by atoms with E-state index in [2.05, 4.69) is 9.37 Å². The maximum Gasteiger partial charge on any atom is 0.310 e. The molecule has 108 valence electrons. The van der Waals surface area contributed by atoms with Crippen LogP contribution in [0.4, 0.5) is 0 Å². The van der Waals surface area contributed by atoms with E-state index >= 15 is 0 Å². The Morgan fingerprint density at radius 2 is 1.89 bits per heavy atom. The third-order valence-corrected chi connectivity index (χ3v) is 4.23. The van der Waals surface area contributed by atoms with Gasteiger partial charge in [0.1, 0.15) is 5.75 Å². The van der Waals surface area contributed by atoms with Gasteiger partial charge in [-0.25, -0.2) is 5.26 Å². The molecule has 0 bridgehead atoms. The third kappa shape index (κ3) is 5.17. The zero-order chi connectivity index (χ0) is 14.5. The molecule has 0 amide bonds. The van der Waals surface area contributed by atoms with Crippen molar-refractivity contribution in [2.24, 2.45) is 0 Å². The Labute approximate surface area is 120 Å². The molecular weight excluding hydrogens is 316 g/mol. The monoisotopic (exact) mass is 328 g/mol. The molecule has 1 aromatic rings. The Kier molecular flexibility index (Phi) is 6.37. The van der Waals surface area contributed by atoms with Crippen LogP contribution in [0, 0.1) is 13.8 Å². The van der Waals surface area contributed by atoms with Crippen molar-refractivity contribution in [1.29, 1.82) is 0 Å². The Bertz CT molecular complexity index is 508. The SMILES string of the molecule is Cc1cc(SOOO)cc(C)c1OS(=O)(=O)CCCl. The Hall–Kier alpha value is -0.510. The van der Waals surface area contributed by atoms with E-state index in [0.29, 0.717) is 16.0 Å². The second-order valence-electron chi connectivity index (χ2n) is 3.65. The minimum absolute atomic E-state index is 0.0317. The molecule has 0 fully saturated rings. The molecule has 0 spiro atoms. The number of rotatable bonds is 7. The molecule has 1 N–H and O–H groups in total. The van der Waals surface area contributed by atoms with E-state index in [1.54, 1.807) is 26.0 Å². The fourth-order valence-electron chi connectivity index (χ4n) is 1.41. The van der Waals surface area contributed by atoms with Crippen LogP contribution in [0.25, 0.3) is 0 Å². The van der Waals surface area contributed by atoms with Crippen LogP contribution in [0.1, 0.15) is 11.1 Å². The molecule has 19 heavy (non-hydrogen) atoms. The maximum atomic E-state index is 11.6. The third-order valence-electron chi connectivity index (χ3n) is 2.13. The van der Waals surface area contributed by atoms with Crippen molar-refractivity contribution in [3.63, 3.8) is 0 Å². The van der Waals surface area contributed by atoms with Crippen molar-refractivity contribution in [1.82, 2.24) is 0 Å². The number of hydrogen-bond acceptors (Lipinski definition) is 7. The predicted octanol–water partition coefficient (Wildman–Crippen LogP) is 2.68. The number of aryl methyl sites for hydroxylation is 2. The highest BCUT2D eigenvalue weighted by Crippen LogP contribution is 2.31. The van der Waals surface area contributed by atoms with Crippen LogP contribution in [0.15, 0.2) is 17.0 Å². The molecule has 0 atom stereocenters. The van der Waals surface area contributed by atoms with Crippen LogP contribution >= 0.6 is 23.6 Å². The highest BCUT2D eigenvalue weighted by atomic mass is 35.5. The summed E-state index contributed by atoms with van der Waals surface area (Å²) in [5.41, 5.74) is 1.23. The fourth-order valence-corrected chi connectivity index (χ4v) is 3.32. The molecular formula is C10H13ClO6S2. The molecule has 1 aromatic carbocycles. The lowest BCUT2D eigenvalue weighted by Gasteiger charge is -2.12. The minimum atomic E-state index is -3.69. The predicted molar refractivity (Wildman–Crippen MR) is 71.7 cm³/mol. The Morgan fingerprint density at radius 1 is 1.32 bits per heavy atom. The Balaban J connectivity index is 2.97. The van der Waals surface area contributed by atoms with E-state index in [1.807, 2.05) is 0 Å². The first-order chi connectivity index (χ1) is 8.89. The van der Waals surface area contributed by atoms with Gasteiger partial charge < -0.3 is 4.18 Å². The molecule has 0 heterocycles. The van der Waals surface area contributed by atoms with Crippen molar-refractivity contribution in [3.05, 3.63) is 23.3 Å². The molecule has 6 nitrogen and oxygen atoms in total. The smallest absolute Gasteiger partial charge is 0.310 e. The average molecular weight is 329 g/mol. The summed E-state index contributed by atoms with van der Waals surface area (Å²) in [6.07, 6.45) is 0. The van der Waals surface area contributed by atoms with Gasteiger partial charge in [-0.2, -0.15) is 8.42 Å². The zero-order valence-corrected chi connectivity index (χ0v) is 12.6. The lowest BCUT2D eigenvalue weighted by Crippen LogP contribution is -2.16. The van der Waals surface area contributed by atoms with E-state index in [1.165, 1.54) is 0 Å². The maximum absolute atomic E-state index is 11.6. The first-order valence-electron chi connectivity index (χ1n) is 5.13. The van der Waals surface area contributed by atoms with Crippen molar-refractivity contribution >= 4 is 33.8 Å². The molecule has 1 rings (SSSR count). The summed E-state index contributed by atoms with van der Waals surface area (Å²) in [5.74, 6) is -0.0269. The van der Waals surface area contributed by atoms with Crippen molar-refractivity contribution in [2.45, 2.75) is 18.7 Å². The molecule has 0 saturated heterocycles. The summed E-state index contributed by atoms with van der Waals surface area (Å²) in [4.78, 5) is 0.631. The zero-order valence-electron chi connectivity index (χ0n) is 10.3. The van der Waals surface area contributed by atoms with Gasteiger partial charge in [-0.05, 0) is 37.1 Å². The minimum Gasteiger partial charge on any atom is -0.382 e. The lowest BCUT2D eigenvalue weighted by atomic mass is 10.1. The molecule has 0 aliphatic rings. The lowest BCUT2D eigenvalue weighted by molar-refractivity contribution is -0.432. The summed E-state index contributed by atoms with van der Waals surface area (Å²) >= 11 is 6.19. The van der Waals surface area contributed by atoms with Gasteiger partial charge in [-0.15, -0.1) is 15.9 Å². The van der Waals surface area contributed by atoms with Gasteiger partial charge >= 0.3 is 10.1 Å². The normalized spacial score (nSPS) is 11.6. The van der Waals surface area contributed by atoms with E-state index in [-0.39, 0.29) is 17.4 Å². The van der Waals surface area contributed by atoms with Gasteiger partial charge in [-0.1, -0.05) is 5.04 Å². The fraction of sp³-hybridized carbons (Fsp3) is 0.400. The second-order valence-corrected chi connectivity index (χ2v) is 6.49. The quantitative estimate of drug-likeness (QED) is 0.271. The standard InChI is InChI=1S/C10H13ClO6S2/c1-7-5-9(18-17-16-12)6-8(2)10(7)15-19(13,14)4-3-11/h5-6,12H,3-4H2,1-2H3. The molecule has 0 saturated carbocycles. The van der Waals surface area contributed by atoms with Gasteiger partial charge in [0.25, 0.3) is 0 Å². The van der Waals surface area contributed by atoms with E-state index in [9.17, 15) is 8.42 Å². The summed E-state index contributed by atoms with van der Waals surface area (Å²) in [7, 11) is -3.69. The number of alkyl halides is 1. The molecule has 0 radical (unpaired) electrons. The molecule has 0 aliphatic carbocycles. The highest BCUT2D eigenvalue weighted by molar-refractivity contribution is 7.94. The molecule has 0 unspecified atom stereocenters. The largest absolute Gasteiger partial charge is 0.382 e. The average Bonchev–Trinajstić information content (AvgIpc) is 2.31. The van der Waals surface area contributed by atoms with Crippen molar-refractivity contribution in [2.75, 3.05) is 11.6 Å². The van der Waals surface area contributed by atoms with Crippen LogP contribution in [0.2, 0.25) is 0 Å².